The number of likely N-dealkylation sites (tertiary alicyclic amines) is 1. The van der Waals surface area contributed by atoms with Crippen LogP contribution in [0.2, 0.25) is 0 Å². The Morgan fingerprint density at radius 2 is 1.48 bits per heavy atom. The summed E-state index contributed by atoms with van der Waals surface area (Å²) in [4.78, 5) is 7.56. The molecule has 5 rings (SSSR count). The number of fused-ring (bicyclic) bond motifs is 1. The third-order valence-electron chi connectivity index (χ3n) is 6.63. The average Bonchev–Trinajstić information content (AvgIpc) is 2.80. The topological polar surface area (TPSA) is 16.1 Å². The summed E-state index contributed by atoms with van der Waals surface area (Å²) in [6, 6.07) is 26.3. The minimum absolute atomic E-state index is 0.969. The Hall–Kier alpha value is -2.97. The van der Waals surface area contributed by atoms with E-state index in [1.807, 2.05) is 0 Å². The molecule has 1 fully saturated rings. The molecule has 2 nitrogen and oxygen atoms in total. The summed E-state index contributed by atoms with van der Waals surface area (Å²) < 4.78 is 0. The Kier molecular flexibility index (Phi) is 5.57. The van der Waals surface area contributed by atoms with Crippen molar-refractivity contribution in [3.8, 4) is 22.3 Å². The van der Waals surface area contributed by atoms with E-state index in [4.69, 9.17) is 4.98 Å². The summed E-state index contributed by atoms with van der Waals surface area (Å²) in [5, 5.41) is 1.25. The number of aromatic nitrogens is 1. The van der Waals surface area contributed by atoms with E-state index in [1.54, 1.807) is 0 Å². The highest BCUT2D eigenvalue weighted by molar-refractivity contribution is 5.89. The number of benzene rings is 3. The molecule has 1 saturated heterocycles. The number of piperidine rings is 1. The monoisotopic (exact) mass is 406 g/mol. The van der Waals surface area contributed by atoms with Crippen LogP contribution in [-0.4, -0.2) is 23.0 Å². The van der Waals surface area contributed by atoms with Crippen LogP contribution in [0.1, 0.15) is 36.1 Å². The molecule has 0 atom stereocenters. The largest absolute Gasteiger partial charge is 0.298 e. The smallest absolute Gasteiger partial charge is 0.0708 e. The zero-order valence-corrected chi connectivity index (χ0v) is 18.6. The average molecular weight is 407 g/mol. The predicted octanol–water partition coefficient (Wildman–Crippen LogP) is 7.17. The van der Waals surface area contributed by atoms with E-state index < -0.39 is 0 Å². The molecule has 3 aromatic carbocycles. The molecule has 1 aromatic heterocycles. The Balaban J connectivity index is 1.50. The van der Waals surface area contributed by atoms with Gasteiger partial charge in [0.25, 0.3) is 0 Å². The number of nitrogens with zero attached hydrogens (tertiary/aromatic N) is 2. The standard InChI is InChI=1S/C29H30N2/c1-21-18-25(20-31-16-7-4-8-17-31)30-29-15-14-24(19-28(21)29)27-13-9-12-26(22(27)2)23-10-5-3-6-11-23/h3,5-6,9-15,18-19H,4,7-8,16-17,20H2,1-2H3. The second kappa shape index (κ2) is 8.64. The van der Waals surface area contributed by atoms with Gasteiger partial charge in [-0.05, 0) is 91.4 Å². The molecule has 0 spiro atoms. The molecule has 2 heterocycles. The second-order valence-electron chi connectivity index (χ2n) is 8.84. The van der Waals surface area contributed by atoms with Crippen molar-refractivity contribution in [3.05, 3.63) is 89.6 Å². The van der Waals surface area contributed by atoms with E-state index in [0.717, 1.165) is 12.1 Å². The van der Waals surface area contributed by atoms with Gasteiger partial charge in [-0.15, -0.1) is 0 Å². The van der Waals surface area contributed by atoms with Crippen LogP contribution in [0.3, 0.4) is 0 Å². The lowest BCUT2D eigenvalue weighted by Crippen LogP contribution is -2.29. The number of pyridine rings is 1. The van der Waals surface area contributed by atoms with Gasteiger partial charge in [-0.2, -0.15) is 0 Å². The number of hydrogen-bond donors (Lipinski definition) is 0. The summed E-state index contributed by atoms with van der Waals surface area (Å²) in [6.07, 6.45) is 4.00. The highest BCUT2D eigenvalue weighted by atomic mass is 15.1. The second-order valence-corrected chi connectivity index (χ2v) is 8.84. The van der Waals surface area contributed by atoms with E-state index in [-0.39, 0.29) is 0 Å². The maximum absolute atomic E-state index is 5.01. The van der Waals surface area contributed by atoms with Crippen LogP contribution in [-0.2, 0) is 6.54 Å². The highest BCUT2D eigenvalue weighted by Crippen LogP contribution is 2.33. The first kappa shape index (κ1) is 20.0. The molecule has 2 heteroatoms. The fraction of sp³-hybridized carbons (Fsp3) is 0.276. The fourth-order valence-corrected chi connectivity index (χ4v) is 4.94. The zero-order valence-electron chi connectivity index (χ0n) is 18.6. The molecular weight excluding hydrogens is 376 g/mol. The maximum Gasteiger partial charge on any atom is 0.0708 e. The van der Waals surface area contributed by atoms with Crippen molar-refractivity contribution in [2.24, 2.45) is 0 Å². The molecular formula is C29H30N2. The van der Waals surface area contributed by atoms with Gasteiger partial charge in [-0.25, -0.2) is 0 Å². The molecule has 0 bridgehead atoms. The van der Waals surface area contributed by atoms with Gasteiger partial charge in [0.15, 0.2) is 0 Å². The predicted molar refractivity (Wildman–Crippen MR) is 131 cm³/mol. The van der Waals surface area contributed by atoms with Crippen molar-refractivity contribution < 1.29 is 0 Å². The molecule has 4 aromatic rings. The van der Waals surface area contributed by atoms with Gasteiger partial charge in [0.1, 0.15) is 0 Å². The van der Waals surface area contributed by atoms with E-state index >= 15 is 0 Å². The third-order valence-corrected chi connectivity index (χ3v) is 6.63. The molecule has 0 aliphatic carbocycles. The molecule has 0 radical (unpaired) electrons. The van der Waals surface area contributed by atoms with Crippen LogP contribution in [0, 0.1) is 13.8 Å². The minimum atomic E-state index is 0.969. The van der Waals surface area contributed by atoms with Gasteiger partial charge < -0.3 is 0 Å². The summed E-state index contributed by atoms with van der Waals surface area (Å²) >= 11 is 0. The van der Waals surface area contributed by atoms with E-state index in [0.29, 0.717) is 0 Å². The van der Waals surface area contributed by atoms with E-state index in [9.17, 15) is 0 Å². The Morgan fingerprint density at radius 3 is 2.26 bits per heavy atom. The molecule has 0 unspecified atom stereocenters. The van der Waals surface area contributed by atoms with Gasteiger partial charge in [0.2, 0.25) is 0 Å². The molecule has 1 aliphatic heterocycles. The van der Waals surface area contributed by atoms with Gasteiger partial charge in [0, 0.05) is 11.9 Å². The van der Waals surface area contributed by atoms with Crippen LogP contribution in [0.15, 0.2) is 72.8 Å². The zero-order chi connectivity index (χ0) is 21.2. The SMILES string of the molecule is Cc1c(-c2ccccc2)cccc1-c1ccc2nc(CN3CCCCC3)cc(C)c2c1. The van der Waals surface area contributed by atoms with Gasteiger partial charge in [-0.3, -0.25) is 9.88 Å². The summed E-state index contributed by atoms with van der Waals surface area (Å²) in [7, 11) is 0. The first-order chi connectivity index (χ1) is 15.2. The Labute approximate surface area is 185 Å². The molecule has 0 saturated carbocycles. The minimum Gasteiger partial charge on any atom is -0.298 e. The van der Waals surface area contributed by atoms with Crippen LogP contribution in [0.5, 0.6) is 0 Å². The van der Waals surface area contributed by atoms with Crippen LogP contribution < -0.4 is 0 Å². The maximum atomic E-state index is 5.01. The van der Waals surface area contributed by atoms with Crippen LogP contribution >= 0.6 is 0 Å². The van der Waals surface area contributed by atoms with Crippen LogP contribution in [0.25, 0.3) is 33.2 Å². The van der Waals surface area contributed by atoms with Crippen LogP contribution in [0.4, 0.5) is 0 Å². The lowest BCUT2D eigenvalue weighted by Gasteiger charge is -2.26. The van der Waals surface area contributed by atoms with Crippen molar-refractivity contribution in [3.63, 3.8) is 0 Å². The third kappa shape index (κ3) is 4.13. The van der Waals surface area contributed by atoms with Crippen molar-refractivity contribution >= 4 is 10.9 Å². The Bertz CT molecular complexity index is 1200. The van der Waals surface area contributed by atoms with Crippen molar-refractivity contribution in [2.75, 3.05) is 13.1 Å². The summed E-state index contributed by atoms with van der Waals surface area (Å²) in [6.45, 7) is 7.83. The highest BCUT2D eigenvalue weighted by Gasteiger charge is 2.13. The first-order valence-electron chi connectivity index (χ1n) is 11.5. The number of hydrogen-bond acceptors (Lipinski definition) is 2. The lowest BCUT2D eigenvalue weighted by molar-refractivity contribution is 0.218. The summed E-state index contributed by atoms with van der Waals surface area (Å²) in [5.41, 5.74) is 10.1. The summed E-state index contributed by atoms with van der Waals surface area (Å²) in [5.74, 6) is 0. The van der Waals surface area contributed by atoms with Gasteiger partial charge in [0.05, 0.1) is 11.2 Å². The Morgan fingerprint density at radius 1 is 0.742 bits per heavy atom. The number of rotatable bonds is 4. The number of aryl methyl sites for hydroxylation is 1. The molecule has 0 N–H and O–H groups in total. The molecule has 156 valence electrons. The lowest BCUT2D eigenvalue weighted by atomic mass is 9.92. The van der Waals surface area contributed by atoms with Crippen molar-refractivity contribution in [1.82, 2.24) is 9.88 Å². The quantitative estimate of drug-likeness (QED) is 0.357. The van der Waals surface area contributed by atoms with Gasteiger partial charge >= 0.3 is 0 Å². The molecule has 1 aliphatic rings. The van der Waals surface area contributed by atoms with E-state index in [2.05, 4.69) is 91.5 Å². The van der Waals surface area contributed by atoms with Crippen molar-refractivity contribution in [1.29, 1.82) is 0 Å². The molecule has 0 amide bonds. The fourth-order valence-electron chi connectivity index (χ4n) is 4.94. The first-order valence-corrected chi connectivity index (χ1v) is 11.5. The van der Waals surface area contributed by atoms with Gasteiger partial charge in [-0.1, -0.05) is 61.0 Å². The van der Waals surface area contributed by atoms with E-state index in [1.165, 1.54) is 76.8 Å². The molecule has 31 heavy (non-hydrogen) atoms. The van der Waals surface area contributed by atoms with Crippen molar-refractivity contribution in [2.45, 2.75) is 39.7 Å². The normalized spacial score (nSPS) is 14.8.